The second-order valence-electron chi connectivity index (χ2n) is 3.92. The average Bonchev–Trinajstić information content (AvgIpc) is 2.28. The van der Waals surface area contributed by atoms with Crippen molar-refractivity contribution in [3.63, 3.8) is 0 Å². The second kappa shape index (κ2) is 6.60. The molecule has 0 N–H and O–H groups in total. The summed E-state index contributed by atoms with van der Waals surface area (Å²) in [7, 11) is 0. The SMILES string of the molecule is CCCN(CCC)C(=O)c1ccc(Cl)cc1F. The summed E-state index contributed by atoms with van der Waals surface area (Å²) in [5.74, 6) is -0.817. The van der Waals surface area contributed by atoms with Crippen LogP contribution in [0.15, 0.2) is 18.2 Å². The molecule has 1 aromatic carbocycles. The van der Waals surface area contributed by atoms with E-state index in [1.165, 1.54) is 18.2 Å². The summed E-state index contributed by atoms with van der Waals surface area (Å²) in [4.78, 5) is 13.8. The number of carbonyl (C=O) groups excluding carboxylic acids is 1. The molecule has 1 amide bonds. The third-order valence-corrected chi connectivity index (χ3v) is 2.67. The van der Waals surface area contributed by atoms with Gasteiger partial charge in [0, 0.05) is 18.1 Å². The summed E-state index contributed by atoms with van der Waals surface area (Å²) < 4.78 is 13.6. The quantitative estimate of drug-likeness (QED) is 0.787. The van der Waals surface area contributed by atoms with Gasteiger partial charge >= 0.3 is 0 Å². The van der Waals surface area contributed by atoms with Crippen molar-refractivity contribution < 1.29 is 9.18 Å². The van der Waals surface area contributed by atoms with Gasteiger partial charge in [-0.1, -0.05) is 25.4 Å². The van der Waals surface area contributed by atoms with Gasteiger partial charge in [0.2, 0.25) is 0 Å². The fraction of sp³-hybridized carbons (Fsp3) is 0.462. The standard InChI is InChI=1S/C13H17ClFNO/c1-3-7-16(8-4-2)13(17)11-6-5-10(14)9-12(11)15/h5-6,9H,3-4,7-8H2,1-2H3. The van der Waals surface area contributed by atoms with Crippen LogP contribution in [0.2, 0.25) is 5.02 Å². The molecule has 0 spiro atoms. The van der Waals surface area contributed by atoms with Gasteiger partial charge in [-0.3, -0.25) is 4.79 Å². The lowest BCUT2D eigenvalue weighted by molar-refractivity contribution is 0.0751. The van der Waals surface area contributed by atoms with E-state index in [1.807, 2.05) is 13.8 Å². The van der Waals surface area contributed by atoms with Crippen LogP contribution < -0.4 is 0 Å². The maximum atomic E-state index is 13.6. The van der Waals surface area contributed by atoms with Crippen molar-refractivity contribution >= 4 is 17.5 Å². The van der Waals surface area contributed by atoms with Crippen LogP contribution in [0.1, 0.15) is 37.0 Å². The van der Waals surface area contributed by atoms with Gasteiger partial charge in [0.25, 0.3) is 5.91 Å². The number of rotatable bonds is 5. The highest BCUT2D eigenvalue weighted by atomic mass is 35.5. The zero-order valence-electron chi connectivity index (χ0n) is 10.2. The molecule has 1 aromatic rings. The van der Waals surface area contributed by atoms with Crippen molar-refractivity contribution in [3.8, 4) is 0 Å². The van der Waals surface area contributed by atoms with E-state index in [9.17, 15) is 9.18 Å². The molecule has 0 aliphatic rings. The zero-order valence-corrected chi connectivity index (χ0v) is 10.9. The zero-order chi connectivity index (χ0) is 12.8. The summed E-state index contributed by atoms with van der Waals surface area (Å²) >= 11 is 5.66. The van der Waals surface area contributed by atoms with Gasteiger partial charge in [-0.2, -0.15) is 0 Å². The van der Waals surface area contributed by atoms with E-state index in [0.717, 1.165) is 12.8 Å². The maximum Gasteiger partial charge on any atom is 0.256 e. The number of halogens is 2. The lowest BCUT2D eigenvalue weighted by Gasteiger charge is -2.21. The number of carbonyl (C=O) groups is 1. The number of hydrogen-bond donors (Lipinski definition) is 0. The third-order valence-electron chi connectivity index (χ3n) is 2.44. The molecule has 0 unspecified atom stereocenters. The minimum absolute atomic E-state index is 0.0938. The van der Waals surface area contributed by atoms with Gasteiger partial charge < -0.3 is 4.90 Å². The number of hydrogen-bond acceptors (Lipinski definition) is 1. The first kappa shape index (κ1) is 14.0. The predicted molar refractivity (Wildman–Crippen MR) is 67.9 cm³/mol. The van der Waals surface area contributed by atoms with Crippen molar-refractivity contribution in [2.45, 2.75) is 26.7 Å². The van der Waals surface area contributed by atoms with Crippen LogP contribution in [0.25, 0.3) is 0 Å². The van der Waals surface area contributed by atoms with E-state index in [4.69, 9.17) is 11.6 Å². The summed E-state index contributed by atoms with van der Waals surface area (Å²) in [6.45, 7) is 5.28. The summed E-state index contributed by atoms with van der Waals surface area (Å²) in [6, 6.07) is 4.15. The van der Waals surface area contributed by atoms with Gasteiger partial charge in [0.1, 0.15) is 5.82 Å². The topological polar surface area (TPSA) is 20.3 Å². The Labute approximate surface area is 106 Å². The Balaban J connectivity index is 2.92. The highest BCUT2D eigenvalue weighted by Gasteiger charge is 2.17. The third kappa shape index (κ3) is 3.70. The molecule has 4 heteroatoms. The van der Waals surface area contributed by atoms with E-state index in [-0.39, 0.29) is 11.5 Å². The van der Waals surface area contributed by atoms with E-state index in [1.54, 1.807) is 4.90 Å². The highest BCUT2D eigenvalue weighted by Crippen LogP contribution is 2.16. The van der Waals surface area contributed by atoms with Crippen molar-refractivity contribution in [1.29, 1.82) is 0 Å². The Morgan fingerprint density at radius 2 is 1.88 bits per heavy atom. The minimum atomic E-state index is -0.556. The molecule has 1 rings (SSSR count). The lowest BCUT2D eigenvalue weighted by atomic mass is 10.1. The van der Waals surface area contributed by atoms with Crippen molar-refractivity contribution in [3.05, 3.63) is 34.6 Å². The molecule has 2 nitrogen and oxygen atoms in total. The monoisotopic (exact) mass is 257 g/mol. The molecular weight excluding hydrogens is 241 g/mol. The fourth-order valence-electron chi connectivity index (χ4n) is 1.69. The van der Waals surface area contributed by atoms with Crippen LogP contribution >= 0.6 is 11.6 Å². The molecule has 0 aromatic heterocycles. The molecule has 0 bridgehead atoms. The van der Waals surface area contributed by atoms with Crippen molar-refractivity contribution in [1.82, 2.24) is 4.90 Å². The van der Waals surface area contributed by atoms with Crippen LogP contribution in [0, 0.1) is 5.82 Å². The van der Waals surface area contributed by atoms with Gasteiger partial charge in [-0.15, -0.1) is 0 Å². The molecule has 0 saturated heterocycles. The van der Waals surface area contributed by atoms with E-state index in [0.29, 0.717) is 18.1 Å². The van der Waals surface area contributed by atoms with Gasteiger partial charge in [-0.05, 0) is 31.0 Å². The maximum absolute atomic E-state index is 13.6. The van der Waals surface area contributed by atoms with Gasteiger partial charge in [-0.25, -0.2) is 4.39 Å². The Hall–Kier alpha value is -1.09. The molecule has 0 atom stereocenters. The fourth-order valence-corrected chi connectivity index (χ4v) is 1.85. The van der Waals surface area contributed by atoms with E-state index in [2.05, 4.69) is 0 Å². The van der Waals surface area contributed by atoms with Crippen LogP contribution in [0.3, 0.4) is 0 Å². The molecule has 0 fully saturated rings. The van der Waals surface area contributed by atoms with Gasteiger partial charge in [0.15, 0.2) is 0 Å². The Kier molecular flexibility index (Phi) is 5.42. The largest absolute Gasteiger partial charge is 0.339 e. The number of benzene rings is 1. The molecular formula is C13H17ClFNO. The van der Waals surface area contributed by atoms with Crippen molar-refractivity contribution in [2.75, 3.05) is 13.1 Å². The number of nitrogens with zero attached hydrogens (tertiary/aromatic N) is 1. The summed E-state index contributed by atoms with van der Waals surface area (Å²) in [5, 5.41) is 0.302. The molecule has 0 heterocycles. The first-order chi connectivity index (χ1) is 8.10. The average molecular weight is 258 g/mol. The van der Waals surface area contributed by atoms with E-state index < -0.39 is 5.82 Å². The smallest absolute Gasteiger partial charge is 0.256 e. The molecule has 0 saturated carbocycles. The second-order valence-corrected chi connectivity index (χ2v) is 4.35. The Morgan fingerprint density at radius 1 is 1.29 bits per heavy atom. The number of amides is 1. The van der Waals surface area contributed by atoms with E-state index >= 15 is 0 Å². The molecule has 0 radical (unpaired) electrons. The minimum Gasteiger partial charge on any atom is -0.339 e. The molecule has 0 aliphatic carbocycles. The molecule has 94 valence electrons. The normalized spacial score (nSPS) is 10.4. The van der Waals surface area contributed by atoms with Crippen LogP contribution in [0.4, 0.5) is 4.39 Å². The van der Waals surface area contributed by atoms with Crippen LogP contribution in [-0.4, -0.2) is 23.9 Å². The Bertz CT molecular complexity index is 389. The summed E-state index contributed by atoms with van der Waals surface area (Å²) in [6.07, 6.45) is 1.72. The Morgan fingerprint density at radius 3 is 2.35 bits per heavy atom. The molecule has 0 aliphatic heterocycles. The summed E-state index contributed by atoms with van der Waals surface area (Å²) in [5.41, 5.74) is 0.0938. The first-order valence-electron chi connectivity index (χ1n) is 5.84. The lowest BCUT2D eigenvalue weighted by Crippen LogP contribution is -2.33. The first-order valence-corrected chi connectivity index (χ1v) is 6.22. The molecule has 17 heavy (non-hydrogen) atoms. The van der Waals surface area contributed by atoms with Gasteiger partial charge in [0.05, 0.1) is 5.56 Å². The highest BCUT2D eigenvalue weighted by molar-refractivity contribution is 6.30. The van der Waals surface area contributed by atoms with Crippen molar-refractivity contribution in [2.24, 2.45) is 0 Å². The predicted octanol–water partition coefficient (Wildman–Crippen LogP) is 3.74. The van der Waals surface area contributed by atoms with Crippen LogP contribution in [-0.2, 0) is 0 Å². The van der Waals surface area contributed by atoms with Crippen LogP contribution in [0.5, 0.6) is 0 Å².